The van der Waals surface area contributed by atoms with Crippen LogP contribution in [0.3, 0.4) is 0 Å². The molecule has 5 rings (SSSR count). The van der Waals surface area contributed by atoms with Crippen LogP contribution < -0.4 is 10.2 Å². The summed E-state index contributed by atoms with van der Waals surface area (Å²) in [5.41, 5.74) is 8.08. The molecule has 5 heterocycles. The molecule has 8 heteroatoms. The topological polar surface area (TPSA) is 82.6 Å². The van der Waals surface area contributed by atoms with Crippen molar-refractivity contribution in [3.8, 4) is 21.8 Å². The van der Waals surface area contributed by atoms with Crippen molar-refractivity contribution in [1.29, 1.82) is 0 Å². The number of hydrogen-bond acceptors (Lipinski definition) is 7. The van der Waals surface area contributed by atoms with Gasteiger partial charge in [-0.2, -0.15) is 5.10 Å². The van der Waals surface area contributed by atoms with Crippen LogP contribution in [-0.4, -0.2) is 39.2 Å². The average molecular weight is 468 g/mol. The van der Waals surface area contributed by atoms with E-state index >= 15 is 0 Å². The van der Waals surface area contributed by atoms with Gasteiger partial charge in [0.1, 0.15) is 5.69 Å². The van der Waals surface area contributed by atoms with Gasteiger partial charge >= 0.3 is 0 Å². The van der Waals surface area contributed by atoms with Crippen molar-refractivity contribution in [3.63, 3.8) is 0 Å². The van der Waals surface area contributed by atoms with Crippen LogP contribution in [0, 0.1) is 13.8 Å². The summed E-state index contributed by atoms with van der Waals surface area (Å²) in [5.74, 6) is 0. The number of H-pyrrole nitrogens is 1. The number of anilines is 2. The fourth-order valence-corrected chi connectivity index (χ4v) is 4.74. The molecular formula is C26H25N7S. The van der Waals surface area contributed by atoms with Gasteiger partial charge in [-0.15, -0.1) is 11.3 Å². The molecule has 34 heavy (non-hydrogen) atoms. The van der Waals surface area contributed by atoms with E-state index in [1.165, 1.54) is 4.88 Å². The predicted molar refractivity (Wildman–Crippen MR) is 141 cm³/mol. The summed E-state index contributed by atoms with van der Waals surface area (Å²) in [7, 11) is 3.99. The molecule has 0 aliphatic carbocycles. The minimum absolute atomic E-state index is 0.700. The Hall–Kier alpha value is -4.04. The highest BCUT2D eigenvalue weighted by molar-refractivity contribution is 7.15. The molecule has 5 aromatic heterocycles. The van der Waals surface area contributed by atoms with Crippen molar-refractivity contribution in [2.45, 2.75) is 13.8 Å². The molecule has 5 aromatic rings. The Bertz CT molecular complexity index is 1510. The van der Waals surface area contributed by atoms with Crippen LogP contribution in [0.15, 0.2) is 61.7 Å². The van der Waals surface area contributed by atoms with E-state index in [9.17, 15) is 0 Å². The number of aromatic amines is 1. The molecule has 0 radical (unpaired) electrons. The average Bonchev–Trinajstić information content (AvgIpc) is 3.46. The molecule has 0 atom stereocenters. The smallest absolute Gasteiger partial charge is 0.116 e. The molecule has 170 valence electrons. The lowest BCUT2D eigenvalue weighted by atomic mass is 10.1. The van der Waals surface area contributed by atoms with Crippen LogP contribution in [-0.2, 0) is 0 Å². The highest BCUT2D eigenvalue weighted by atomic mass is 32.1. The SMILES string of the molecule is C=C(Nc1ccnc(-c2ccc(C)s2)c1C)c1n[nH]c2cnc(-c3cncc(N(C)C)c3)cc12. The molecule has 0 aromatic carbocycles. The predicted octanol–water partition coefficient (Wildman–Crippen LogP) is 5.91. The summed E-state index contributed by atoms with van der Waals surface area (Å²) in [5, 5.41) is 12.0. The maximum Gasteiger partial charge on any atom is 0.116 e. The Morgan fingerprint density at radius 3 is 2.68 bits per heavy atom. The highest BCUT2D eigenvalue weighted by Gasteiger charge is 2.15. The van der Waals surface area contributed by atoms with Gasteiger partial charge in [-0.3, -0.25) is 20.1 Å². The molecule has 0 aliphatic rings. The first kappa shape index (κ1) is 21.8. The number of nitrogens with zero attached hydrogens (tertiary/aromatic N) is 5. The molecule has 0 saturated carbocycles. The zero-order chi connectivity index (χ0) is 23.8. The lowest BCUT2D eigenvalue weighted by Gasteiger charge is -2.13. The standard InChI is InChI=1S/C26H25N7S/c1-15-6-7-24(34-15)25-16(2)21(8-9-28-25)30-17(3)26-20-11-22(29-14-23(20)31-32-26)18-10-19(33(4)5)13-27-12-18/h6-14H,3H2,1-2,4-5H3,(H,28,30)(H,31,32). The monoisotopic (exact) mass is 467 g/mol. The van der Waals surface area contributed by atoms with Crippen LogP contribution in [0.5, 0.6) is 0 Å². The van der Waals surface area contributed by atoms with E-state index in [4.69, 9.17) is 0 Å². The van der Waals surface area contributed by atoms with Crippen molar-refractivity contribution in [1.82, 2.24) is 25.1 Å². The number of pyridine rings is 3. The van der Waals surface area contributed by atoms with Gasteiger partial charge in [-0.25, -0.2) is 0 Å². The second-order valence-electron chi connectivity index (χ2n) is 8.36. The second-order valence-corrected chi connectivity index (χ2v) is 9.65. The van der Waals surface area contributed by atoms with Gasteiger partial charge < -0.3 is 10.2 Å². The number of hydrogen-bond donors (Lipinski definition) is 2. The summed E-state index contributed by atoms with van der Waals surface area (Å²) in [6.45, 7) is 8.45. The zero-order valence-corrected chi connectivity index (χ0v) is 20.4. The highest BCUT2D eigenvalue weighted by Crippen LogP contribution is 2.33. The van der Waals surface area contributed by atoms with Gasteiger partial charge in [-0.1, -0.05) is 6.58 Å². The van der Waals surface area contributed by atoms with E-state index < -0.39 is 0 Å². The molecule has 0 aliphatic heterocycles. The van der Waals surface area contributed by atoms with Gasteiger partial charge in [0, 0.05) is 48.0 Å². The molecule has 0 amide bonds. The first-order valence-corrected chi connectivity index (χ1v) is 11.7. The lowest BCUT2D eigenvalue weighted by Crippen LogP contribution is -2.08. The number of thiophene rings is 1. The Kier molecular flexibility index (Phi) is 5.59. The minimum Gasteiger partial charge on any atom is -0.376 e. The van der Waals surface area contributed by atoms with E-state index in [2.05, 4.69) is 69.1 Å². The third kappa shape index (κ3) is 4.04. The zero-order valence-electron chi connectivity index (χ0n) is 19.5. The maximum absolute atomic E-state index is 4.61. The number of aromatic nitrogens is 5. The van der Waals surface area contributed by atoms with Crippen LogP contribution in [0.2, 0.25) is 0 Å². The number of rotatable bonds is 6. The van der Waals surface area contributed by atoms with E-state index in [1.807, 2.05) is 49.7 Å². The lowest BCUT2D eigenvalue weighted by molar-refractivity contribution is 1.09. The van der Waals surface area contributed by atoms with E-state index in [1.54, 1.807) is 17.5 Å². The molecule has 0 spiro atoms. The van der Waals surface area contributed by atoms with Crippen molar-refractivity contribution in [3.05, 3.63) is 77.8 Å². The largest absolute Gasteiger partial charge is 0.376 e. The number of nitrogens with one attached hydrogen (secondary N) is 2. The van der Waals surface area contributed by atoms with Crippen LogP contribution in [0.25, 0.3) is 38.4 Å². The van der Waals surface area contributed by atoms with E-state index in [0.717, 1.165) is 55.4 Å². The number of aryl methyl sites for hydroxylation is 1. The van der Waals surface area contributed by atoms with Crippen molar-refractivity contribution in [2.24, 2.45) is 0 Å². The summed E-state index contributed by atoms with van der Waals surface area (Å²) >= 11 is 1.74. The summed E-state index contributed by atoms with van der Waals surface area (Å²) in [6, 6.07) is 10.3. The maximum atomic E-state index is 4.61. The van der Waals surface area contributed by atoms with Crippen molar-refractivity contribution in [2.75, 3.05) is 24.3 Å². The third-order valence-corrected chi connectivity index (χ3v) is 6.74. The van der Waals surface area contributed by atoms with Gasteiger partial charge in [0.15, 0.2) is 0 Å². The molecule has 0 unspecified atom stereocenters. The molecule has 0 bridgehead atoms. The van der Waals surface area contributed by atoms with Crippen LogP contribution >= 0.6 is 11.3 Å². The number of fused-ring (bicyclic) bond motifs is 1. The minimum atomic E-state index is 0.700. The molecule has 0 saturated heterocycles. The summed E-state index contributed by atoms with van der Waals surface area (Å²) < 4.78 is 0. The third-order valence-electron chi connectivity index (χ3n) is 5.73. The Balaban J connectivity index is 1.48. The first-order chi connectivity index (χ1) is 16.4. The van der Waals surface area contributed by atoms with Gasteiger partial charge in [0.2, 0.25) is 0 Å². The van der Waals surface area contributed by atoms with Gasteiger partial charge in [-0.05, 0) is 49.7 Å². The molecule has 0 fully saturated rings. The van der Waals surface area contributed by atoms with Crippen molar-refractivity contribution >= 4 is 39.3 Å². The Morgan fingerprint density at radius 1 is 1.06 bits per heavy atom. The van der Waals surface area contributed by atoms with Gasteiger partial charge in [0.05, 0.1) is 45.6 Å². The van der Waals surface area contributed by atoms with Crippen LogP contribution in [0.1, 0.15) is 16.1 Å². The van der Waals surface area contributed by atoms with Crippen LogP contribution in [0.4, 0.5) is 11.4 Å². The normalized spacial score (nSPS) is 11.1. The molecular weight excluding hydrogens is 442 g/mol. The molecule has 7 nitrogen and oxygen atoms in total. The van der Waals surface area contributed by atoms with E-state index in [-0.39, 0.29) is 0 Å². The summed E-state index contributed by atoms with van der Waals surface area (Å²) in [6.07, 6.45) is 7.27. The second kappa shape index (κ2) is 8.72. The summed E-state index contributed by atoms with van der Waals surface area (Å²) in [4.78, 5) is 18.0. The fraction of sp³-hybridized carbons (Fsp3) is 0.154. The van der Waals surface area contributed by atoms with E-state index in [0.29, 0.717) is 5.70 Å². The quantitative estimate of drug-likeness (QED) is 0.323. The Labute approximate surface area is 202 Å². The fourth-order valence-electron chi connectivity index (χ4n) is 3.82. The van der Waals surface area contributed by atoms with Crippen molar-refractivity contribution < 1.29 is 0 Å². The first-order valence-electron chi connectivity index (χ1n) is 10.9. The molecule has 2 N–H and O–H groups in total. The van der Waals surface area contributed by atoms with Gasteiger partial charge in [0.25, 0.3) is 0 Å². The Morgan fingerprint density at radius 2 is 1.91 bits per heavy atom.